The number of hydrogen-bond acceptors (Lipinski definition) is 4. The maximum absolute atomic E-state index is 10.6. The van der Waals surface area contributed by atoms with Gasteiger partial charge in [0.05, 0.1) is 6.26 Å². The van der Waals surface area contributed by atoms with E-state index in [1.807, 2.05) is 6.07 Å². The zero-order chi connectivity index (χ0) is 9.52. The Hall–Kier alpha value is -1.16. The van der Waals surface area contributed by atoms with E-state index in [9.17, 15) is 4.79 Å². The molecule has 0 aromatic carbocycles. The van der Waals surface area contributed by atoms with Crippen molar-refractivity contribution in [3.63, 3.8) is 0 Å². The van der Waals surface area contributed by atoms with E-state index in [0.29, 0.717) is 6.61 Å². The maximum atomic E-state index is 10.6. The van der Waals surface area contributed by atoms with Gasteiger partial charge in [0.25, 0.3) is 0 Å². The van der Waals surface area contributed by atoms with Gasteiger partial charge in [0.15, 0.2) is 0 Å². The van der Waals surface area contributed by atoms with Gasteiger partial charge in [0.2, 0.25) is 0 Å². The Morgan fingerprint density at radius 1 is 1.77 bits per heavy atom. The molecule has 1 aromatic rings. The fourth-order valence-corrected chi connectivity index (χ4v) is 1.37. The summed E-state index contributed by atoms with van der Waals surface area (Å²) in [5.74, 6) is 0.340. The van der Waals surface area contributed by atoms with E-state index in [2.05, 4.69) is 6.58 Å². The Balaban J connectivity index is 2.08. The van der Waals surface area contributed by atoms with Crippen LogP contribution in [0.2, 0.25) is 0 Å². The van der Waals surface area contributed by atoms with Gasteiger partial charge in [0, 0.05) is 16.7 Å². The third-order valence-electron chi connectivity index (χ3n) is 1.26. The first kappa shape index (κ1) is 9.92. The van der Waals surface area contributed by atoms with E-state index < -0.39 is 0 Å². The first-order valence-corrected chi connectivity index (χ1v) is 4.75. The molecule has 0 aliphatic heterocycles. The van der Waals surface area contributed by atoms with Gasteiger partial charge in [0.1, 0.15) is 12.9 Å². The molecule has 0 saturated heterocycles. The second-order valence-electron chi connectivity index (χ2n) is 2.18. The number of carbonyl (C=O) groups is 1. The van der Waals surface area contributed by atoms with Gasteiger partial charge in [-0.3, -0.25) is 0 Å². The van der Waals surface area contributed by atoms with Crippen molar-refractivity contribution in [1.29, 1.82) is 0 Å². The fraction of sp³-hybridized carbons (Fsp3) is 0.222. The van der Waals surface area contributed by atoms with Gasteiger partial charge in [-0.1, -0.05) is 6.58 Å². The van der Waals surface area contributed by atoms with Gasteiger partial charge in [-0.05, 0) is 6.07 Å². The topological polar surface area (TPSA) is 39.4 Å². The largest absolute Gasteiger partial charge is 0.471 e. The van der Waals surface area contributed by atoms with Crippen LogP contribution in [0.25, 0.3) is 0 Å². The second-order valence-corrected chi connectivity index (χ2v) is 3.35. The van der Waals surface area contributed by atoms with Crippen LogP contribution in [0.4, 0.5) is 0 Å². The molecule has 0 bridgehead atoms. The Morgan fingerprint density at radius 2 is 2.62 bits per heavy atom. The summed E-state index contributed by atoms with van der Waals surface area (Å²) in [4.78, 5) is 11.6. The molecule has 0 spiro atoms. The molecule has 0 aliphatic carbocycles. The van der Waals surface area contributed by atoms with Gasteiger partial charge in [-0.25, -0.2) is 4.79 Å². The first-order valence-electron chi connectivity index (χ1n) is 3.77. The Kier molecular flexibility index (Phi) is 4.18. The zero-order valence-corrected chi connectivity index (χ0v) is 7.88. The van der Waals surface area contributed by atoms with Crippen LogP contribution < -0.4 is 0 Å². The fourth-order valence-electron chi connectivity index (χ4n) is 0.695. The minimum Gasteiger partial charge on any atom is -0.471 e. The smallest absolute Gasteiger partial charge is 0.330 e. The van der Waals surface area contributed by atoms with Crippen molar-refractivity contribution in [2.45, 2.75) is 4.90 Å². The van der Waals surface area contributed by atoms with Crippen molar-refractivity contribution in [1.82, 2.24) is 0 Å². The van der Waals surface area contributed by atoms with Crippen LogP contribution in [0.3, 0.4) is 0 Å². The molecule has 0 atom stereocenters. The highest BCUT2D eigenvalue weighted by Crippen LogP contribution is 2.17. The molecular weight excluding hydrogens is 188 g/mol. The summed E-state index contributed by atoms with van der Waals surface area (Å²) in [6.45, 7) is 3.68. The Labute approximate surface area is 80.8 Å². The lowest BCUT2D eigenvalue weighted by Gasteiger charge is -1.99. The lowest BCUT2D eigenvalue weighted by atomic mass is 10.6. The molecule has 1 heterocycles. The maximum Gasteiger partial charge on any atom is 0.330 e. The summed E-state index contributed by atoms with van der Waals surface area (Å²) < 4.78 is 9.65. The van der Waals surface area contributed by atoms with Crippen molar-refractivity contribution < 1.29 is 13.9 Å². The highest BCUT2D eigenvalue weighted by molar-refractivity contribution is 7.99. The molecule has 0 fully saturated rings. The van der Waals surface area contributed by atoms with Crippen LogP contribution in [0, 0.1) is 0 Å². The summed E-state index contributed by atoms with van der Waals surface area (Å²) in [5.41, 5.74) is 0. The lowest BCUT2D eigenvalue weighted by molar-refractivity contribution is -0.137. The number of ether oxygens (including phenoxy) is 1. The summed E-state index contributed by atoms with van der Waals surface area (Å²) in [7, 11) is 0. The van der Waals surface area contributed by atoms with E-state index >= 15 is 0 Å². The number of rotatable bonds is 5. The lowest BCUT2D eigenvalue weighted by Crippen LogP contribution is -2.03. The van der Waals surface area contributed by atoms with E-state index in [4.69, 9.17) is 9.15 Å². The SMILES string of the molecule is C=CC(=O)OCCSc1ccoc1. The third-order valence-corrected chi connectivity index (χ3v) is 2.19. The van der Waals surface area contributed by atoms with Crippen LogP contribution in [0.15, 0.2) is 40.6 Å². The van der Waals surface area contributed by atoms with E-state index in [0.717, 1.165) is 16.7 Å². The number of furan rings is 1. The molecule has 0 amide bonds. The average molecular weight is 198 g/mol. The molecular formula is C9H10O3S. The van der Waals surface area contributed by atoms with E-state index in [-0.39, 0.29) is 5.97 Å². The minimum absolute atomic E-state index is 0.382. The summed E-state index contributed by atoms with van der Waals surface area (Å²) in [6, 6.07) is 1.86. The molecule has 0 aliphatic rings. The van der Waals surface area contributed by atoms with Crippen molar-refractivity contribution in [2.75, 3.05) is 12.4 Å². The second kappa shape index (κ2) is 5.48. The molecule has 0 saturated carbocycles. The van der Waals surface area contributed by atoms with E-state index in [1.54, 1.807) is 24.3 Å². The number of thioether (sulfide) groups is 1. The molecule has 3 nitrogen and oxygen atoms in total. The van der Waals surface area contributed by atoms with Crippen molar-refractivity contribution in [3.8, 4) is 0 Å². The highest BCUT2D eigenvalue weighted by Gasteiger charge is 1.97. The predicted octanol–water partition coefficient (Wildman–Crippen LogP) is 2.10. The van der Waals surface area contributed by atoms with Crippen molar-refractivity contribution >= 4 is 17.7 Å². The van der Waals surface area contributed by atoms with Gasteiger partial charge in [-0.15, -0.1) is 11.8 Å². The molecule has 1 aromatic heterocycles. The van der Waals surface area contributed by atoms with Gasteiger partial charge < -0.3 is 9.15 Å². The standard InChI is InChI=1S/C9H10O3S/c1-2-9(10)12-5-6-13-8-3-4-11-7-8/h2-4,7H,1,5-6H2. The molecule has 4 heteroatoms. The Morgan fingerprint density at radius 3 is 3.23 bits per heavy atom. The number of hydrogen-bond donors (Lipinski definition) is 0. The molecule has 0 radical (unpaired) electrons. The van der Waals surface area contributed by atoms with Gasteiger partial charge in [-0.2, -0.15) is 0 Å². The zero-order valence-electron chi connectivity index (χ0n) is 7.06. The van der Waals surface area contributed by atoms with Crippen LogP contribution in [0.5, 0.6) is 0 Å². The van der Waals surface area contributed by atoms with E-state index in [1.165, 1.54) is 0 Å². The predicted molar refractivity (Wildman–Crippen MR) is 50.6 cm³/mol. The summed E-state index contributed by atoms with van der Waals surface area (Å²) in [6.07, 6.45) is 4.42. The first-order chi connectivity index (χ1) is 6.33. The van der Waals surface area contributed by atoms with Crippen LogP contribution in [0.1, 0.15) is 0 Å². The minimum atomic E-state index is -0.382. The Bertz CT molecular complexity index is 266. The summed E-state index contributed by atoms with van der Waals surface area (Å²) >= 11 is 1.57. The molecule has 70 valence electrons. The molecule has 1 rings (SSSR count). The van der Waals surface area contributed by atoms with Crippen LogP contribution in [-0.2, 0) is 9.53 Å². The molecule has 13 heavy (non-hydrogen) atoms. The quantitative estimate of drug-likeness (QED) is 0.314. The van der Waals surface area contributed by atoms with Gasteiger partial charge >= 0.3 is 5.97 Å². The summed E-state index contributed by atoms with van der Waals surface area (Å²) in [5, 5.41) is 0. The average Bonchev–Trinajstić information content (AvgIpc) is 2.64. The van der Waals surface area contributed by atoms with Crippen molar-refractivity contribution in [3.05, 3.63) is 31.2 Å². The number of esters is 1. The normalized spacial score (nSPS) is 9.54. The third kappa shape index (κ3) is 3.85. The molecule has 0 unspecified atom stereocenters. The van der Waals surface area contributed by atoms with Crippen LogP contribution in [-0.4, -0.2) is 18.3 Å². The monoisotopic (exact) mass is 198 g/mol. The highest BCUT2D eigenvalue weighted by atomic mass is 32.2. The molecule has 0 N–H and O–H groups in total. The number of carbonyl (C=O) groups excluding carboxylic acids is 1. The van der Waals surface area contributed by atoms with Crippen molar-refractivity contribution in [2.24, 2.45) is 0 Å². The van der Waals surface area contributed by atoms with Crippen LogP contribution >= 0.6 is 11.8 Å².